The number of aromatic amines is 1. The van der Waals surface area contributed by atoms with E-state index in [1.54, 1.807) is 0 Å². The van der Waals surface area contributed by atoms with Gasteiger partial charge in [-0.2, -0.15) is 0 Å². The highest BCUT2D eigenvalue weighted by Crippen LogP contribution is 2.18. The van der Waals surface area contributed by atoms with Gasteiger partial charge in [0.15, 0.2) is 5.03 Å². The van der Waals surface area contributed by atoms with Crippen LogP contribution in [0.25, 0.3) is 0 Å². The number of imidazole rings is 1. The number of nitrogens with one attached hydrogen (secondary N) is 3. The zero-order chi connectivity index (χ0) is 16.1. The van der Waals surface area contributed by atoms with Crippen LogP contribution in [0.1, 0.15) is 12.8 Å². The van der Waals surface area contributed by atoms with E-state index in [2.05, 4.69) is 34.9 Å². The Morgan fingerprint density at radius 3 is 2.78 bits per heavy atom. The third-order valence-electron chi connectivity index (χ3n) is 3.57. The van der Waals surface area contributed by atoms with E-state index < -0.39 is 10.0 Å². The average Bonchev–Trinajstić information content (AvgIpc) is 3.25. The lowest BCUT2D eigenvalue weighted by Crippen LogP contribution is -2.29. The highest BCUT2D eigenvalue weighted by atomic mass is 32.2. The summed E-state index contributed by atoms with van der Waals surface area (Å²) in [6.45, 7) is 2.69. The maximum absolute atomic E-state index is 11.9. The largest absolute Gasteiger partial charge is 0.369 e. The molecule has 3 N–H and O–H groups in total. The van der Waals surface area contributed by atoms with E-state index in [1.807, 2.05) is 6.07 Å². The Balaban J connectivity index is 1.50. The van der Waals surface area contributed by atoms with Crippen molar-refractivity contribution in [2.45, 2.75) is 17.9 Å². The van der Waals surface area contributed by atoms with Crippen molar-refractivity contribution in [3.05, 3.63) is 24.9 Å². The molecule has 1 aliphatic rings. The molecular weight excluding hydrogens is 318 g/mol. The summed E-state index contributed by atoms with van der Waals surface area (Å²) in [4.78, 5) is 16.9. The first kappa shape index (κ1) is 15.7. The Hall–Kier alpha value is -2.20. The van der Waals surface area contributed by atoms with Gasteiger partial charge in [-0.1, -0.05) is 0 Å². The van der Waals surface area contributed by atoms with Gasteiger partial charge in [0.25, 0.3) is 10.0 Å². The van der Waals surface area contributed by atoms with Crippen molar-refractivity contribution in [1.82, 2.24) is 24.7 Å². The normalized spacial score (nSPS) is 15.0. The summed E-state index contributed by atoms with van der Waals surface area (Å²) in [7, 11) is -3.54. The molecule has 23 heavy (non-hydrogen) atoms. The predicted molar refractivity (Wildman–Crippen MR) is 85.7 cm³/mol. The van der Waals surface area contributed by atoms with Gasteiger partial charge in [0.1, 0.15) is 18.0 Å². The van der Waals surface area contributed by atoms with Gasteiger partial charge < -0.3 is 15.2 Å². The second kappa shape index (κ2) is 6.92. The number of hydrogen-bond donors (Lipinski definition) is 3. The predicted octanol–water partition coefficient (Wildman–Crippen LogP) is 0.190. The Labute approximate surface area is 134 Å². The van der Waals surface area contributed by atoms with Gasteiger partial charge in [-0.3, -0.25) is 0 Å². The summed E-state index contributed by atoms with van der Waals surface area (Å²) < 4.78 is 26.3. The van der Waals surface area contributed by atoms with E-state index in [-0.39, 0.29) is 11.6 Å². The molecule has 2 aromatic rings. The first-order valence-electron chi connectivity index (χ1n) is 7.44. The molecule has 3 rings (SSSR count). The minimum Gasteiger partial charge on any atom is -0.369 e. The Morgan fingerprint density at radius 1 is 1.22 bits per heavy atom. The number of H-pyrrole nitrogens is 1. The standard InChI is InChI=1S/C13H19N7O2S/c21-23(22,13-8-14-9-18-13)19-4-3-15-11-7-12(17-10-16-11)20-5-1-2-6-20/h7-10,19H,1-6H2,(H,14,18)(H,15,16,17). The molecule has 9 nitrogen and oxygen atoms in total. The Bertz CT molecular complexity index is 727. The zero-order valence-corrected chi connectivity index (χ0v) is 13.4. The van der Waals surface area contributed by atoms with Gasteiger partial charge in [0, 0.05) is 32.2 Å². The van der Waals surface area contributed by atoms with Crippen molar-refractivity contribution in [2.24, 2.45) is 0 Å². The van der Waals surface area contributed by atoms with E-state index in [0.717, 1.165) is 18.9 Å². The van der Waals surface area contributed by atoms with Crippen molar-refractivity contribution in [2.75, 3.05) is 36.4 Å². The highest BCUT2D eigenvalue weighted by molar-refractivity contribution is 7.89. The lowest BCUT2D eigenvalue weighted by molar-refractivity contribution is 0.579. The van der Waals surface area contributed by atoms with Crippen LogP contribution < -0.4 is 14.9 Å². The molecule has 0 amide bonds. The van der Waals surface area contributed by atoms with E-state index in [9.17, 15) is 8.42 Å². The number of sulfonamides is 1. The van der Waals surface area contributed by atoms with Gasteiger partial charge >= 0.3 is 0 Å². The van der Waals surface area contributed by atoms with Crippen LogP contribution >= 0.6 is 0 Å². The van der Waals surface area contributed by atoms with Gasteiger partial charge in [0.05, 0.1) is 12.5 Å². The molecule has 0 aromatic carbocycles. The smallest absolute Gasteiger partial charge is 0.257 e. The van der Waals surface area contributed by atoms with Gasteiger partial charge in [0.2, 0.25) is 0 Å². The molecule has 0 saturated carbocycles. The van der Waals surface area contributed by atoms with Crippen molar-refractivity contribution in [3.8, 4) is 0 Å². The van der Waals surface area contributed by atoms with Crippen molar-refractivity contribution < 1.29 is 8.42 Å². The molecule has 0 atom stereocenters. The molecule has 1 fully saturated rings. The van der Waals surface area contributed by atoms with Crippen LogP contribution in [-0.4, -0.2) is 54.5 Å². The maximum Gasteiger partial charge on any atom is 0.257 e. The molecule has 0 spiro atoms. The average molecular weight is 337 g/mol. The molecule has 0 unspecified atom stereocenters. The topological polar surface area (TPSA) is 116 Å². The molecule has 124 valence electrons. The fourth-order valence-corrected chi connectivity index (χ4v) is 3.34. The second-order valence-corrected chi connectivity index (χ2v) is 6.93. The summed E-state index contributed by atoms with van der Waals surface area (Å²) >= 11 is 0. The fourth-order valence-electron chi connectivity index (χ4n) is 2.41. The van der Waals surface area contributed by atoms with Crippen LogP contribution in [0, 0.1) is 0 Å². The van der Waals surface area contributed by atoms with Crippen LogP contribution in [0.2, 0.25) is 0 Å². The third-order valence-corrected chi connectivity index (χ3v) is 4.96. The maximum atomic E-state index is 11.9. The van der Waals surface area contributed by atoms with E-state index >= 15 is 0 Å². The molecule has 0 aliphatic carbocycles. The Kier molecular flexibility index (Phi) is 4.72. The monoisotopic (exact) mass is 337 g/mol. The summed E-state index contributed by atoms with van der Waals surface area (Å²) in [5, 5.41) is 3.15. The van der Waals surface area contributed by atoms with E-state index in [4.69, 9.17) is 0 Å². The highest BCUT2D eigenvalue weighted by Gasteiger charge is 2.15. The number of rotatable bonds is 7. The lowest BCUT2D eigenvalue weighted by atomic mass is 10.4. The number of aromatic nitrogens is 4. The van der Waals surface area contributed by atoms with Gasteiger partial charge in [-0.05, 0) is 12.8 Å². The lowest BCUT2D eigenvalue weighted by Gasteiger charge is -2.16. The number of hydrogen-bond acceptors (Lipinski definition) is 7. The molecule has 1 aliphatic heterocycles. The van der Waals surface area contributed by atoms with Crippen molar-refractivity contribution in [1.29, 1.82) is 0 Å². The first-order chi connectivity index (χ1) is 11.1. The molecular formula is C13H19N7O2S. The summed E-state index contributed by atoms with van der Waals surface area (Å²) in [6.07, 6.45) is 6.48. The fraction of sp³-hybridized carbons (Fsp3) is 0.462. The van der Waals surface area contributed by atoms with Crippen LogP contribution in [0.4, 0.5) is 11.6 Å². The van der Waals surface area contributed by atoms with E-state index in [0.29, 0.717) is 12.4 Å². The number of nitrogens with zero attached hydrogens (tertiary/aromatic N) is 4. The van der Waals surface area contributed by atoms with E-state index in [1.165, 1.54) is 31.7 Å². The SMILES string of the molecule is O=S(=O)(NCCNc1cc(N2CCCC2)ncn1)c1cnc[nH]1. The van der Waals surface area contributed by atoms with Crippen molar-refractivity contribution in [3.63, 3.8) is 0 Å². The quantitative estimate of drug-likeness (QED) is 0.618. The van der Waals surface area contributed by atoms with Gasteiger partial charge in [-0.15, -0.1) is 0 Å². The molecule has 2 aromatic heterocycles. The van der Waals surface area contributed by atoms with Gasteiger partial charge in [-0.25, -0.2) is 28.1 Å². The summed E-state index contributed by atoms with van der Waals surface area (Å²) in [6, 6.07) is 1.88. The summed E-state index contributed by atoms with van der Waals surface area (Å²) in [5.41, 5.74) is 0. The molecule has 0 bridgehead atoms. The minimum atomic E-state index is -3.54. The van der Waals surface area contributed by atoms with Crippen LogP contribution in [0.5, 0.6) is 0 Å². The van der Waals surface area contributed by atoms with Crippen LogP contribution in [0.15, 0.2) is 29.9 Å². The minimum absolute atomic E-state index is 0.0517. The van der Waals surface area contributed by atoms with Crippen LogP contribution in [-0.2, 0) is 10.0 Å². The van der Waals surface area contributed by atoms with Crippen LogP contribution in [0.3, 0.4) is 0 Å². The molecule has 3 heterocycles. The summed E-state index contributed by atoms with van der Waals surface area (Å²) in [5.74, 6) is 1.58. The Morgan fingerprint density at radius 2 is 2.04 bits per heavy atom. The second-order valence-electron chi connectivity index (χ2n) is 5.20. The number of anilines is 2. The molecule has 0 radical (unpaired) electrons. The molecule has 1 saturated heterocycles. The first-order valence-corrected chi connectivity index (χ1v) is 8.92. The third kappa shape index (κ3) is 3.96. The zero-order valence-electron chi connectivity index (χ0n) is 12.6. The van der Waals surface area contributed by atoms with Crippen molar-refractivity contribution >= 4 is 21.7 Å². The molecule has 10 heteroatoms.